The Morgan fingerprint density at radius 2 is 2.05 bits per heavy atom. The predicted molar refractivity (Wildman–Crippen MR) is 78.5 cm³/mol. The number of amides is 2. The number of nitrogens with one attached hydrogen (secondary N) is 2. The van der Waals surface area contributed by atoms with E-state index in [9.17, 15) is 4.79 Å². The highest BCUT2D eigenvalue weighted by atomic mass is 16.3. The van der Waals surface area contributed by atoms with Crippen LogP contribution in [-0.4, -0.2) is 23.8 Å². The van der Waals surface area contributed by atoms with Gasteiger partial charge in [-0.15, -0.1) is 0 Å². The number of benzene rings is 1. The Kier molecular flexibility index (Phi) is 6.36. The van der Waals surface area contributed by atoms with Crippen LogP contribution in [0, 0.1) is 0 Å². The zero-order chi connectivity index (χ0) is 14.3. The molecule has 4 heteroatoms. The summed E-state index contributed by atoms with van der Waals surface area (Å²) < 4.78 is 0. The molecule has 0 aliphatic rings. The van der Waals surface area contributed by atoms with E-state index in [0.717, 1.165) is 24.1 Å². The molecule has 1 atom stereocenters. The van der Waals surface area contributed by atoms with Crippen molar-refractivity contribution in [3.8, 4) is 0 Å². The van der Waals surface area contributed by atoms with E-state index in [1.54, 1.807) is 0 Å². The second kappa shape index (κ2) is 7.79. The second-order valence-corrected chi connectivity index (χ2v) is 4.71. The Balaban J connectivity index is 2.71. The summed E-state index contributed by atoms with van der Waals surface area (Å²) in [5.41, 5.74) is 3.20. The predicted octanol–water partition coefficient (Wildman–Crippen LogP) is 2.70. The molecule has 0 aliphatic carbocycles. The first-order chi connectivity index (χ1) is 9.10. The SMILES string of the molecule is CCc1ccc(CC)c(NC(=O)N[C@H](C)CCO)c1. The molecule has 0 aromatic heterocycles. The van der Waals surface area contributed by atoms with Crippen molar-refractivity contribution in [2.75, 3.05) is 11.9 Å². The maximum absolute atomic E-state index is 11.9. The summed E-state index contributed by atoms with van der Waals surface area (Å²) >= 11 is 0. The highest BCUT2D eigenvalue weighted by molar-refractivity contribution is 5.90. The van der Waals surface area contributed by atoms with E-state index < -0.39 is 0 Å². The lowest BCUT2D eigenvalue weighted by molar-refractivity contribution is 0.241. The summed E-state index contributed by atoms with van der Waals surface area (Å²) in [5.74, 6) is 0. The molecule has 0 saturated heterocycles. The number of hydrogen-bond acceptors (Lipinski definition) is 2. The van der Waals surface area contributed by atoms with Crippen molar-refractivity contribution < 1.29 is 9.90 Å². The minimum atomic E-state index is -0.219. The third-order valence-electron chi connectivity index (χ3n) is 3.15. The molecule has 0 bridgehead atoms. The Hall–Kier alpha value is -1.55. The quantitative estimate of drug-likeness (QED) is 0.740. The molecule has 3 N–H and O–H groups in total. The minimum Gasteiger partial charge on any atom is -0.396 e. The third kappa shape index (κ3) is 4.91. The number of carbonyl (C=O) groups excluding carboxylic acids is 1. The third-order valence-corrected chi connectivity index (χ3v) is 3.15. The van der Waals surface area contributed by atoms with Gasteiger partial charge in [-0.05, 0) is 43.4 Å². The van der Waals surface area contributed by atoms with Crippen LogP contribution in [0.3, 0.4) is 0 Å². The molecule has 4 nitrogen and oxygen atoms in total. The van der Waals surface area contributed by atoms with Crippen LogP contribution in [0.25, 0.3) is 0 Å². The largest absolute Gasteiger partial charge is 0.396 e. The van der Waals surface area contributed by atoms with Gasteiger partial charge in [-0.3, -0.25) is 0 Å². The summed E-state index contributed by atoms with van der Waals surface area (Å²) in [6.45, 7) is 6.11. The van der Waals surface area contributed by atoms with Gasteiger partial charge < -0.3 is 15.7 Å². The molecule has 1 rings (SSSR count). The van der Waals surface area contributed by atoms with E-state index in [2.05, 4.69) is 36.6 Å². The summed E-state index contributed by atoms with van der Waals surface area (Å²) in [6.07, 6.45) is 2.38. The first-order valence-electron chi connectivity index (χ1n) is 6.90. The highest BCUT2D eigenvalue weighted by Gasteiger charge is 2.09. The van der Waals surface area contributed by atoms with E-state index in [4.69, 9.17) is 5.11 Å². The molecule has 0 aliphatic heterocycles. The number of hydrogen-bond donors (Lipinski definition) is 3. The molecule has 0 fully saturated rings. The molecule has 1 aromatic carbocycles. The summed E-state index contributed by atoms with van der Waals surface area (Å²) in [5, 5.41) is 14.5. The lowest BCUT2D eigenvalue weighted by Crippen LogP contribution is -2.36. The van der Waals surface area contributed by atoms with Gasteiger partial charge in [0.1, 0.15) is 0 Å². The summed E-state index contributed by atoms with van der Waals surface area (Å²) in [4.78, 5) is 11.9. The molecular formula is C15H24N2O2. The van der Waals surface area contributed by atoms with Crippen molar-refractivity contribution in [1.82, 2.24) is 5.32 Å². The Morgan fingerprint density at radius 1 is 1.32 bits per heavy atom. The summed E-state index contributed by atoms with van der Waals surface area (Å²) in [7, 11) is 0. The van der Waals surface area contributed by atoms with Gasteiger partial charge in [0.15, 0.2) is 0 Å². The molecule has 19 heavy (non-hydrogen) atoms. The molecule has 106 valence electrons. The van der Waals surface area contributed by atoms with Gasteiger partial charge in [0.25, 0.3) is 0 Å². The average molecular weight is 264 g/mol. The van der Waals surface area contributed by atoms with E-state index in [1.807, 2.05) is 13.0 Å². The standard InChI is InChI=1S/C15H24N2O2/c1-4-12-6-7-13(5-2)14(10-12)17-15(19)16-11(3)8-9-18/h6-7,10-11,18H,4-5,8-9H2,1-3H3,(H2,16,17,19)/t11-/m1/s1. The van der Waals surface area contributed by atoms with Crippen molar-refractivity contribution >= 4 is 11.7 Å². The van der Waals surface area contributed by atoms with Crippen LogP contribution < -0.4 is 10.6 Å². The number of rotatable bonds is 6. The highest BCUT2D eigenvalue weighted by Crippen LogP contribution is 2.19. The smallest absolute Gasteiger partial charge is 0.319 e. The Labute approximate surface area is 115 Å². The van der Waals surface area contributed by atoms with E-state index in [-0.39, 0.29) is 18.7 Å². The Morgan fingerprint density at radius 3 is 2.63 bits per heavy atom. The lowest BCUT2D eigenvalue weighted by Gasteiger charge is -2.15. The monoisotopic (exact) mass is 264 g/mol. The van der Waals surface area contributed by atoms with Crippen LogP contribution in [0.5, 0.6) is 0 Å². The maximum atomic E-state index is 11.9. The number of aliphatic hydroxyl groups excluding tert-OH is 1. The van der Waals surface area contributed by atoms with Gasteiger partial charge in [-0.25, -0.2) is 4.79 Å². The minimum absolute atomic E-state index is 0.0376. The first-order valence-corrected chi connectivity index (χ1v) is 6.90. The number of aliphatic hydroxyl groups is 1. The Bertz CT molecular complexity index is 419. The fourth-order valence-corrected chi connectivity index (χ4v) is 1.92. The fraction of sp³-hybridized carbons (Fsp3) is 0.533. The maximum Gasteiger partial charge on any atom is 0.319 e. The van der Waals surface area contributed by atoms with E-state index >= 15 is 0 Å². The van der Waals surface area contributed by atoms with Crippen LogP contribution in [0.2, 0.25) is 0 Å². The van der Waals surface area contributed by atoms with E-state index in [1.165, 1.54) is 5.56 Å². The van der Waals surface area contributed by atoms with Gasteiger partial charge in [0.2, 0.25) is 0 Å². The van der Waals surface area contributed by atoms with Gasteiger partial charge >= 0.3 is 6.03 Å². The number of urea groups is 1. The molecule has 0 spiro atoms. The van der Waals surface area contributed by atoms with Crippen molar-refractivity contribution in [3.63, 3.8) is 0 Å². The van der Waals surface area contributed by atoms with Crippen LogP contribution >= 0.6 is 0 Å². The average Bonchev–Trinajstić information content (AvgIpc) is 2.38. The number of carbonyl (C=O) groups is 1. The summed E-state index contributed by atoms with van der Waals surface area (Å²) in [6, 6.07) is 5.92. The second-order valence-electron chi connectivity index (χ2n) is 4.71. The normalized spacial score (nSPS) is 12.0. The van der Waals surface area contributed by atoms with Gasteiger partial charge in [0, 0.05) is 18.3 Å². The molecule has 0 unspecified atom stereocenters. The molecular weight excluding hydrogens is 240 g/mol. The van der Waals surface area contributed by atoms with Crippen LogP contribution in [-0.2, 0) is 12.8 Å². The van der Waals surface area contributed by atoms with Crippen LogP contribution in [0.1, 0.15) is 38.3 Å². The topological polar surface area (TPSA) is 61.4 Å². The number of aryl methyl sites for hydroxylation is 2. The van der Waals surface area contributed by atoms with Gasteiger partial charge in [-0.2, -0.15) is 0 Å². The zero-order valence-corrected chi connectivity index (χ0v) is 12.0. The zero-order valence-electron chi connectivity index (χ0n) is 12.0. The van der Waals surface area contributed by atoms with Crippen LogP contribution in [0.15, 0.2) is 18.2 Å². The number of anilines is 1. The fourth-order valence-electron chi connectivity index (χ4n) is 1.92. The van der Waals surface area contributed by atoms with Crippen molar-refractivity contribution in [1.29, 1.82) is 0 Å². The molecule has 1 aromatic rings. The van der Waals surface area contributed by atoms with Crippen molar-refractivity contribution in [2.45, 2.75) is 46.1 Å². The molecule has 0 saturated carbocycles. The van der Waals surface area contributed by atoms with Crippen LogP contribution in [0.4, 0.5) is 10.5 Å². The molecule has 2 amide bonds. The first kappa shape index (κ1) is 15.5. The molecule has 0 radical (unpaired) electrons. The van der Waals surface area contributed by atoms with Gasteiger partial charge in [-0.1, -0.05) is 26.0 Å². The van der Waals surface area contributed by atoms with E-state index in [0.29, 0.717) is 6.42 Å². The van der Waals surface area contributed by atoms with Crippen molar-refractivity contribution in [2.24, 2.45) is 0 Å². The van der Waals surface area contributed by atoms with Gasteiger partial charge in [0.05, 0.1) is 0 Å². The lowest BCUT2D eigenvalue weighted by atomic mass is 10.1. The molecule has 0 heterocycles. The van der Waals surface area contributed by atoms with Crippen molar-refractivity contribution in [3.05, 3.63) is 29.3 Å².